The SMILES string of the molecule is CCC(CC)(c1ccc(/C=C/C2(O)CCCCC2)c(C)c1)c1ccc(-c2ccc(CC(=O)OC)c(F)c2)c(C)c1. The lowest BCUT2D eigenvalue weighted by Crippen LogP contribution is -2.28. The average molecular weight is 543 g/mol. The van der Waals surface area contributed by atoms with Gasteiger partial charge in [0, 0.05) is 5.41 Å². The number of aliphatic hydroxyl groups is 1. The van der Waals surface area contributed by atoms with Crippen LogP contribution in [0.1, 0.15) is 92.2 Å². The monoisotopic (exact) mass is 542 g/mol. The molecule has 0 aliphatic heterocycles. The fraction of sp³-hybridized carbons (Fsp3) is 0.417. The first-order valence-electron chi connectivity index (χ1n) is 14.6. The minimum absolute atomic E-state index is 0.0784. The van der Waals surface area contributed by atoms with Crippen LogP contribution in [0.5, 0.6) is 0 Å². The molecule has 0 unspecified atom stereocenters. The van der Waals surface area contributed by atoms with Crippen molar-refractivity contribution in [1.82, 2.24) is 0 Å². The van der Waals surface area contributed by atoms with Crippen molar-refractivity contribution in [2.75, 3.05) is 7.11 Å². The van der Waals surface area contributed by atoms with E-state index in [9.17, 15) is 14.3 Å². The summed E-state index contributed by atoms with van der Waals surface area (Å²) in [7, 11) is 1.31. The number of aryl methyl sites for hydroxylation is 2. The first-order valence-corrected chi connectivity index (χ1v) is 14.6. The highest BCUT2D eigenvalue weighted by atomic mass is 19.1. The van der Waals surface area contributed by atoms with Crippen molar-refractivity contribution in [3.63, 3.8) is 0 Å². The Morgan fingerprint density at radius 3 is 2.17 bits per heavy atom. The zero-order valence-corrected chi connectivity index (χ0v) is 24.6. The molecule has 4 rings (SSSR count). The summed E-state index contributed by atoms with van der Waals surface area (Å²) in [5, 5.41) is 10.9. The lowest BCUT2D eigenvalue weighted by Gasteiger charge is -2.34. The van der Waals surface area contributed by atoms with Crippen LogP contribution >= 0.6 is 0 Å². The van der Waals surface area contributed by atoms with Gasteiger partial charge < -0.3 is 9.84 Å². The third-order valence-electron chi connectivity index (χ3n) is 9.03. The van der Waals surface area contributed by atoms with Crippen LogP contribution in [0.2, 0.25) is 0 Å². The highest BCUT2D eigenvalue weighted by Gasteiger charge is 2.31. The highest BCUT2D eigenvalue weighted by molar-refractivity contribution is 5.74. The number of methoxy groups -OCH3 is 1. The Morgan fingerprint density at radius 2 is 1.60 bits per heavy atom. The second kappa shape index (κ2) is 12.5. The van der Waals surface area contributed by atoms with Gasteiger partial charge in [-0.3, -0.25) is 4.79 Å². The molecule has 0 spiro atoms. The number of esters is 1. The largest absolute Gasteiger partial charge is 0.469 e. The Hall–Kier alpha value is -3.24. The molecule has 4 heteroatoms. The molecule has 1 fully saturated rings. The van der Waals surface area contributed by atoms with E-state index in [2.05, 4.69) is 74.9 Å². The van der Waals surface area contributed by atoms with Gasteiger partial charge in [-0.05, 0) is 90.1 Å². The van der Waals surface area contributed by atoms with Crippen LogP contribution in [0.25, 0.3) is 17.2 Å². The maximum absolute atomic E-state index is 14.8. The summed E-state index contributed by atoms with van der Waals surface area (Å²) in [6.07, 6.45) is 11.0. The molecular formula is C36H43FO3. The Bertz CT molecular complexity index is 1380. The molecule has 0 heterocycles. The number of hydrogen-bond donors (Lipinski definition) is 1. The van der Waals surface area contributed by atoms with Gasteiger partial charge in [-0.2, -0.15) is 0 Å². The maximum Gasteiger partial charge on any atom is 0.310 e. The molecule has 1 aliphatic carbocycles. The predicted octanol–water partition coefficient (Wildman–Crippen LogP) is 8.64. The van der Waals surface area contributed by atoms with Crippen LogP contribution in [0.15, 0.2) is 60.7 Å². The van der Waals surface area contributed by atoms with Crippen molar-refractivity contribution in [2.45, 2.75) is 90.1 Å². The molecule has 3 nitrogen and oxygen atoms in total. The van der Waals surface area contributed by atoms with Crippen molar-refractivity contribution < 1.29 is 19.0 Å². The van der Waals surface area contributed by atoms with E-state index in [4.69, 9.17) is 0 Å². The molecule has 0 amide bonds. The molecule has 3 aromatic rings. The normalized spacial score (nSPS) is 15.4. The molecular weight excluding hydrogens is 499 g/mol. The summed E-state index contributed by atoms with van der Waals surface area (Å²) in [6.45, 7) is 8.70. The van der Waals surface area contributed by atoms with Crippen molar-refractivity contribution in [1.29, 1.82) is 0 Å². The van der Waals surface area contributed by atoms with Gasteiger partial charge in [-0.1, -0.05) is 93.8 Å². The number of halogens is 1. The van der Waals surface area contributed by atoms with E-state index in [-0.39, 0.29) is 11.8 Å². The predicted molar refractivity (Wildman–Crippen MR) is 162 cm³/mol. The standard InChI is InChI=1S/C36H43FO3/c1-6-36(7-2,30-14-13-27(25(3)21-30)17-20-35(39)18-9-8-10-19-35)31-15-16-32(26(4)22-31)28-11-12-29(33(37)23-28)24-34(38)40-5/h11-17,20-23,39H,6-10,18-19,24H2,1-5H3/b20-17+. The first kappa shape index (κ1) is 29.7. The number of benzene rings is 3. The highest BCUT2D eigenvalue weighted by Crippen LogP contribution is 2.41. The average Bonchev–Trinajstić information content (AvgIpc) is 2.95. The number of ether oxygens (including phenoxy) is 1. The quantitative estimate of drug-likeness (QED) is 0.275. The summed E-state index contributed by atoms with van der Waals surface area (Å²) in [5.74, 6) is -0.855. The van der Waals surface area contributed by atoms with Gasteiger partial charge in [-0.15, -0.1) is 0 Å². The number of carbonyl (C=O) groups is 1. The van der Waals surface area contributed by atoms with Crippen molar-refractivity contribution >= 4 is 12.0 Å². The van der Waals surface area contributed by atoms with E-state index in [1.165, 1.54) is 36.3 Å². The molecule has 0 bridgehead atoms. The van der Waals surface area contributed by atoms with Crippen LogP contribution in [0.4, 0.5) is 4.39 Å². The number of hydrogen-bond acceptors (Lipinski definition) is 3. The smallest absolute Gasteiger partial charge is 0.310 e. The van der Waals surface area contributed by atoms with Crippen LogP contribution in [0.3, 0.4) is 0 Å². The minimum atomic E-state index is -0.677. The van der Waals surface area contributed by atoms with E-state index in [1.807, 2.05) is 12.1 Å². The van der Waals surface area contributed by atoms with Gasteiger partial charge in [0.1, 0.15) is 5.82 Å². The van der Waals surface area contributed by atoms with Crippen LogP contribution in [-0.4, -0.2) is 23.8 Å². The molecule has 0 aromatic heterocycles. The van der Waals surface area contributed by atoms with Crippen LogP contribution < -0.4 is 0 Å². The Balaban J connectivity index is 1.63. The van der Waals surface area contributed by atoms with Crippen molar-refractivity contribution in [3.05, 3.63) is 99.9 Å². The summed E-state index contributed by atoms with van der Waals surface area (Å²) in [6, 6.07) is 18.3. The van der Waals surface area contributed by atoms with Gasteiger partial charge >= 0.3 is 5.97 Å². The fourth-order valence-electron chi connectivity index (χ4n) is 6.34. The Labute approximate surface area is 239 Å². The lowest BCUT2D eigenvalue weighted by molar-refractivity contribution is -0.139. The topological polar surface area (TPSA) is 46.5 Å². The van der Waals surface area contributed by atoms with Gasteiger partial charge in [0.25, 0.3) is 0 Å². The third kappa shape index (κ3) is 6.23. The second-order valence-corrected chi connectivity index (χ2v) is 11.4. The third-order valence-corrected chi connectivity index (χ3v) is 9.03. The summed E-state index contributed by atoms with van der Waals surface area (Å²) < 4.78 is 19.5. The fourth-order valence-corrected chi connectivity index (χ4v) is 6.34. The molecule has 0 radical (unpaired) electrons. The second-order valence-electron chi connectivity index (χ2n) is 11.4. The molecule has 1 saturated carbocycles. The van der Waals surface area contributed by atoms with Gasteiger partial charge in [0.2, 0.25) is 0 Å². The zero-order chi connectivity index (χ0) is 28.9. The molecule has 1 aliphatic rings. The maximum atomic E-state index is 14.8. The molecule has 3 aromatic carbocycles. The molecule has 0 atom stereocenters. The number of carbonyl (C=O) groups excluding carboxylic acids is 1. The summed E-state index contributed by atoms with van der Waals surface area (Å²) in [4.78, 5) is 11.6. The molecule has 0 saturated heterocycles. The van der Waals surface area contributed by atoms with Gasteiger partial charge in [0.15, 0.2) is 0 Å². The van der Waals surface area contributed by atoms with E-state index in [1.54, 1.807) is 6.07 Å². The molecule has 212 valence electrons. The first-order chi connectivity index (χ1) is 19.1. The number of rotatable bonds is 9. The van der Waals surface area contributed by atoms with Crippen molar-refractivity contribution in [2.24, 2.45) is 0 Å². The summed E-state index contributed by atoms with van der Waals surface area (Å²) >= 11 is 0. The molecule has 1 N–H and O–H groups in total. The lowest BCUT2D eigenvalue weighted by atomic mass is 9.69. The van der Waals surface area contributed by atoms with E-state index in [0.29, 0.717) is 5.56 Å². The van der Waals surface area contributed by atoms with E-state index >= 15 is 0 Å². The van der Waals surface area contributed by atoms with Crippen molar-refractivity contribution in [3.8, 4) is 11.1 Å². The zero-order valence-electron chi connectivity index (χ0n) is 24.6. The van der Waals surface area contributed by atoms with Gasteiger partial charge in [0.05, 0.1) is 19.1 Å². The molecule has 40 heavy (non-hydrogen) atoms. The van der Waals surface area contributed by atoms with Crippen LogP contribution in [-0.2, 0) is 21.4 Å². The van der Waals surface area contributed by atoms with Crippen LogP contribution in [0, 0.1) is 19.7 Å². The van der Waals surface area contributed by atoms with E-state index in [0.717, 1.165) is 60.8 Å². The summed E-state index contributed by atoms with van der Waals surface area (Å²) in [5.41, 5.74) is 7.25. The van der Waals surface area contributed by atoms with Gasteiger partial charge in [-0.25, -0.2) is 4.39 Å². The van der Waals surface area contributed by atoms with E-state index < -0.39 is 17.4 Å². The Kier molecular flexibility index (Phi) is 9.30. The minimum Gasteiger partial charge on any atom is -0.469 e. The Morgan fingerprint density at radius 1 is 0.950 bits per heavy atom.